The van der Waals surface area contributed by atoms with Crippen molar-refractivity contribution in [2.75, 3.05) is 18.0 Å². The van der Waals surface area contributed by atoms with Gasteiger partial charge in [-0.05, 0) is 70.4 Å². The van der Waals surface area contributed by atoms with Crippen molar-refractivity contribution in [2.24, 2.45) is 0 Å². The Labute approximate surface area is 188 Å². The van der Waals surface area contributed by atoms with Gasteiger partial charge < -0.3 is 20.0 Å². The first-order valence-corrected chi connectivity index (χ1v) is 11.0. The van der Waals surface area contributed by atoms with E-state index in [1.165, 1.54) is 0 Å². The number of benzene rings is 2. The Hall–Kier alpha value is -3.35. The first kappa shape index (κ1) is 21.9. The monoisotopic (exact) mass is 434 g/mol. The molecule has 3 aromatic rings. The van der Waals surface area contributed by atoms with Gasteiger partial charge in [0, 0.05) is 30.1 Å². The van der Waals surface area contributed by atoms with Crippen molar-refractivity contribution in [2.45, 2.75) is 52.1 Å². The number of rotatable bonds is 3. The van der Waals surface area contributed by atoms with Crippen LogP contribution in [0.5, 0.6) is 5.75 Å². The summed E-state index contributed by atoms with van der Waals surface area (Å²) in [7, 11) is 0. The van der Waals surface area contributed by atoms with Crippen LogP contribution >= 0.6 is 0 Å². The lowest BCUT2D eigenvalue weighted by atomic mass is 9.96. The fraction of sp³-hybridized carbons (Fsp3) is 0.400. The molecule has 4 rings (SSSR count). The fourth-order valence-corrected chi connectivity index (χ4v) is 4.57. The highest BCUT2D eigenvalue weighted by Crippen LogP contribution is 2.34. The molecule has 0 bridgehead atoms. The summed E-state index contributed by atoms with van der Waals surface area (Å²) in [5, 5.41) is 21.1. The number of piperidine rings is 1. The average Bonchev–Trinajstić information content (AvgIpc) is 2.72. The van der Waals surface area contributed by atoms with Crippen LogP contribution < -0.4 is 4.90 Å². The van der Waals surface area contributed by atoms with Crippen molar-refractivity contribution in [3.63, 3.8) is 0 Å². The summed E-state index contributed by atoms with van der Waals surface area (Å²) in [5.41, 5.74) is 2.08. The maximum absolute atomic E-state index is 11.9. The second-order valence-corrected chi connectivity index (χ2v) is 9.45. The van der Waals surface area contributed by atoms with Gasteiger partial charge >= 0.3 is 6.09 Å². The number of aromatic hydroxyl groups is 1. The summed E-state index contributed by atoms with van der Waals surface area (Å²) in [5.74, 6) is 1.45. The van der Waals surface area contributed by atoms with E-state index < -0.39 is 11.6 Å². The van der Waals surface area contributed by atoms with Gasteiger partial charge in [0.05, 0.1) is 11.1 Å². The van der Waals surface area contributed by atoms with Gasteiger partial charge in [0.25, 0.3) is 0 Å². The van der Waals surface area contributed by atoms with Crippen LogP contribution in [0.1, 0.15) is 39.2 Å². The molecule has 1 aliphatic heterocycles. The second-order valence-electron chi connectivity index (χ2n) is 9.45. The van der Waals surface area contributed by atoms with Gasteiger partial charge in [0.2, 0.25) is 0 Å². The highest BCUT2D eigenvalue weighted by molar-refractivity contribution is 5.92. The number of phenols is 1. The van der Waals surface area contributed by atoms with E-state index in [1.807, 2.05) is 58.0 Å². The third-order valence-electron chi connectivity index (χ3n) is 6.04. The molecule has 1 saturated heterocycles. The first-order chi connectivity index (χ1) is 15.1. The van der Waals surface area contributed by atoms with Crippen molar-refractivity contribution in [1.82, 2.24) is 14.9 Å². The Morgan fingerprint density at radius 1 is 1.09 bits per heavy atom. The molecule has 1 amide bonds. The zero-order chi connectivity index (χ0) is 23.0. The first-order valence-electron chi connectivity index (χ1n) is 11.0. The number of anilines is 1. The third kappa shape index (κ3) is 4.20. The third-order valence-corrected chi connectivity index (χ3v) is 6.04. The Morgan fingerprint density at radius 2 is 1.78 bits per heavy atom. The number of phenolic OH excluding ortho intramolecular Hbond substituents is 1. The summed E-state index contributed by atoms with van der Waals surface area (Å²) in [6.07, 6.45) is 0.584. The Kier molecular flexibility index (Phi) is 5.67. The zero-order valence-corrected chi connectivity index (χ0v) is 19.0. The molecule has 1 fully saturated rings. The van der Waals surface area contributed by atoms with Gasteiger partial charge in [-0.25, -0.2) is 14.8 Å². The van der Waals surface area contributed by atoms with E-state index >= 15 is 0 Å². The van der Waals surface area contributed by atoms with Crippen LogP contribution in [0.2, 0.25) is 0 Å². The molecular weight excluding hydrogens is 404 g/mol. The molecule has 7 heteroatoms. The highest BCUT2D eigenvalue weighted by Gasteiger charge is 2.35. The van der Waals surface area contributed by atoms with E-state index in [4.69, 9.17) is 9.97 Å². The number of para-hydroxylation sites is 1. The minimum Gasteiger partial charge on any atom is -0.507 e. The van der Waals surface area contributed by atoms with Gasteiger partial charge in [-0.2, -0.15) is 0 Å². The molecule has 32 heavy (non-hydrogen) atoms. The molecule has 0 radical (unpaired) electrons. The van der Waals surface area contributed by atoms with E-state index in [-0.39, 0.29) is 11.8 Å². The fourth-order valence-electron chi connectivity index (χ4n) is 4.57. The Morgan fingerprint density at radius 3 is 2.41 bits per heavy atom. The summed E-state index contributed by atoms with van der Waals surface area (Å²) >= 11 is 0. The maximum Gasteiger partial charge on any atom is 0.407 e. The summed E-state index contributed by atoms with van der Waals surface area (Å²) in [4.78, 5) is 25.3. The predicted molar refractivity (Wildman–Crippen MR) is 126 cm³/mol. The lowest BCUT2D eigenvalue weighted by Gasteiger charge is -2.43. The van der Waals surface area contributed by atoms with Gasteiger partial charge in [0.15, 0.2) is 5.82 Å². The molecule has 0 aliphatic carbocycles. The normalized spacial score (nSPS) is 15.2. The molecule has 2 heterocycles. The molecule has 168 valence electrons. The van der Waals surface area contributed by atoms with Gasteiger partial charge in [-0.1, -0.05) is 18.2 Å². The molecule has 0 atom stereocenters. The van der Waals surface area contributed by atoms with Crippen LogP contribution in [0.15, 0.2) is 42.5 Å². The highest BCUT2D eigenvalue weighted by atomic mass is 16.4. The van der Waals surface area contributed by atoms with E-state index in [0.717, 1.165) is 35.1 Å². The average molecular weight is 435 g/mol. The van der Waals surface area contributed by atoms with Crippen molar-refractivity contribution in [1.29, 1.82) is 0 Å². The molecule has 0 spiro atoms. The summed E-state index contributed by atoms with van der Waals surface area (Å²) < 4.78 is 0. The van der Waals surface area contributed by atoms with Crippen molar-refractivity contribution >= 4 is 22.8 Å². The number of aryl methyl sites for hydroxylation is 1. The van der Waals surface area contributed by atoms with Gasteiger partial charge in [0.1, 0.15) is 11.6 Å². The van der Waals surface area contributed by atoms with Gasteiger partial charge in [-0.15, -0.1) is 0 Å². The van der Waals surface area contributed by atoms with Crippen LogP contribution in [0.4, 0.5) is 10.6 Å². The lowest BCUT2D eigenvalue weighted by molar-refractivity contribution is 0.0616. The Balaban J connectivity index is 1.70. The number of amides is 1. The molecule has 7 nitrogen and oxygen atoms in total. The number of fused-ring (bicyclic) bond motifs is 1. The van der Waals surface area contributed by atoms with E-state index in [1.54, 1.807) is 17.0 Å². The van der Waals surface area contributed by atoms with Crippen molar-refractivity contribution in [3.05, 3.63) is 48.0 Å². The van der Waals surface area contributed by atoms with Crippen LogP contribution in [-0.2, 0) is 0 Å². The zero-order valence-electron chi connectivity index (χ0n) is 19.0. The minimum atomic E-state index is -0.874. The summed E-state index contributed by atoms with van der Waals surface area (Å²) in [6.45, 7) is 9.24. The lowest BCUT2D eigenvalue weighted by Crippen LogP contribution is -2.54. The molecule has 2 N–H and O–H groups in total. The van der Waals surface area contributed by atoms with E-state index in [9.17, 15) is 15.0 Å². The SMILES string of the molecule is Cc1ccc2c(N3CCC(N(C(=O)O)C(C)(C)C)CC3)nc(-c3ccccc3O)nc2c1. The number of carbonyl (C=O) groups is 1. The smallest absolute Gasteiger partial charge is 0.407 e. The topological polar surface area (TPSA) is 89.8 Å². The number of carboxylic acid groups (broad SMARTS) is 1. The maximum atomic E-state index is 11.9. The van der Waals surface area contributed by atoms with E-state index in [2.05, 4.69) is 4.90 Å². The molecule has 1 aromatic heterocycles. The largest absolute Gasteiger partial charge is 0.507 e. The van der Waals surface area contributed by atoms with Gasteiger partial charge in [-0.3, -0.25) is 0 Å². The second kappa shape index (κ2) is 8.30. The summed E-state index contributed by atoms with van der Waals surface area (Å²) in [6, 6.07) is 13.2. The number of nitrogens with zero attached hydrogens (tertiary/aromatic N) is 4. The number of hydrogen-bond acceptors (Lipinski definition) is 5. The molecule has 0 unspecified atom stereocenters. The molecule has 0 saturated carbocycles. The van der Waals surface area contributed by atoms with Crippen molar-refractivity contribution < 1.29 is 15.0 Å². The molecular formula is C25H30N4O3. The van der Waals surface area contributed by atoms with Crippen molar-refractivity contribution in [3.8, 4) is 17.1 Å². The standard InChI is InChI=1S/C25H30N4O3/c1-16-9-10-18-20(15-16)26-22(19-7-5-6-8-21(19)30)27-23(18)28-13-11-17(12-14-28)29(24(31)32)25(2,3)4/h5-10,15,17,30H,11-14H2,1-4H3,(H,31,32). The van der Waals surface area contributed by atoms with Crippen LogP contribution in [0, 0.1) is 6.92 Å². The predicted octanol–water partition coefficient (Wildman–Crippen LogP) is 5.06. The molecule has 2 aromatic carbocycles. The minimum absolute atomic E-state index is 0.0308. The van der Waals surface area contributed by atoms with E-state index in [0.29, 0.717) is 24.5 Å². The van der Waals surface area contributed by atoms with Crippen LogP contribution in [-0.4, -0.2) is 55.8 Å². The number of hydrogen-bond donors (Lipinski definition) is 2. The van der Waals surface area contributed by atoms with Crippen LogP contribution in [0.3, 0.4) is 0 Å². The Bertz CT molecular complexity index is 1150. The number of aromatic nitrogens is 2. The quantitative estimate of drug-likeness (QED) is 0.599. The van der Waals surface area contributed by atoms with Crippen LogP contribution in [0.25, 0.3) is 22.3 Å². The molecule has 1 aliphatic rings.